The van der Waals surface area contributed by atoms with Crippen molar-refractivity contribution < 1.29 is 9.50 Å². The molecule has 7 nitrogen and oxygen atoms in total. The highest BCUT2D eigenvalue weighted by Gasteiger charge is 2.13. The summed E-state index contributed by atoms with van der Waals surface area (Å²) in [6.45, 7) is 0. The van der Waals surface area contributed by atoms with Crippen LogP contribution < -0.4 is 11.0 Å². The van der Waals surface area contributed by atoms with Crippen molar-refractivity contribution in [3.63, 3.8) is 0 Å². The first-order valence-electron chi connectivity index (χ1n) is 7.56. The molecule has 2 aromatic carbocycles. The number of anilines is 1. The average Bonchev–Trinajstić information content (AvgIpc) is 2.66. The number of hydrazone groups is 1. The molecule has 1 heterocycles. The monoisotopic (exact) mass is 383 g/mol. The van der Waals surface area contributed by atoms with Gasteiger partial charge in [-0.2, -0.15) is 10.4 Å². The fraction of sp³-hybridized carbons (Fsp3) is 0. The van der Waals surface area contributed by atoms with Crippen LogP contribution in [-0.2, 0) is 0 Å². The molecule has 0 fully saturated rings. The SMILES string of the molecule is N#Cc1c(-c2ccccc2)nc(NN=Cc2cc(F)cc(Cl)c2O)[nH]c1=O. The van der Waals surface area contributed by atoms with Crippen molar-refractivity contribution in [3.05, 3.63) is 74.8 Å². The third-order valence-electron chi connectivity index (χ3n) is 3.51. The molecule has 0 unspecified atom stereocenters. The third-order valence-corrected chi connectivity index (χ3v) is 3.80. The molecule has 9 heteroatoms. The Morgan fingerprint density at radius 1 is 1.33 bits per heavy atom. The molecule has 3 N–H and O–H groups in total. The Kier molecular flexibility index (Phi) is 5.15. The summed E-state index contributed by atoms with van der Waals surface area (Å²) in [5.74, 6) is -1.01. The van der Waals surface area contributed by atoms with E-state index >= 15 is 0 Å². The zero-order chi connectivity index (χ0) is 19.4. The van der Waals surface area contributed by atoms with Crippen molar-refractivity contribution >= 4 is 23.8 Å². The molecule has 0 saturated heterocycles. The van der Waals surface area contributed by atoms with Crippen LogP contribution in [0.4, 0.5) is 10.3 Å². The number of nitriles is 1. The molecule has 3 aromatic rings. The Labute approximate surface area is 157 Å². The summed E-state index contributed by atoms with van der Waals surface area (Å²) in [6, 6.07) is 12.6. The summed E-state index contributed by atoms with van der Waals surface area (Å²) < 4.78 is 13.4. The van der Waals surface area contributed by atoms with Gasteiger partial charge in [0.05, 0.1) is 16.9 Å². The summed E-state index contributed by atoms with van der Waals surface area (Å²) in [4.78, 5) is 18.7. The van der Waals surface area contributed by atoms with Crippen molar-refractivity contribution in [3.8, 4) is 23.1 Å². The normalized spacial score (nSPS) is 10.7. The van der Waals surface area contributed by atoms with Gasteiger partial charge in [0.15, 0.2) is 0 Å². The summed E-state index contributed by atoms with van der Waals surface area (Å²) >= 11 is 5.70. The van der Waals surface area contributed by atoms with Crippen molar-refractivity contribution in [2.45, 2.75) is 0 Å². The van der Waals surface area contributed by atoms with Crippen LogP contribution in [0.1, 0.15) is 11.1 Å². The van der Waals surface area contributed by atoms with E-state index in [1.165, 1.54) is 0 Å². The number of phenols is 1. The van der Waals surface area contributed by atoms with Gasteiger partial charge in [0.2, 0.25) is 5.95 Å². The Balaban J connectivity index is 1.94. The van der Waals surface area contributed by atoms with E-state index in [4.69, 9.17) is 11.6 Å². The van der Waals surface area contributed by atoms with Crippen LogP contribution in [0, 0.1) is 17.1 Å². The zero-order valence-electron chi connectivity index (χ0n) is 13.6. The summed E-state index contributed by atoms with van der Waals surface area (Å²) in [6.07, 6.45) is 1.12. The third kappa shape index (κ3) is 3.94. The first-order chi connectivity index (χ1) is 13.0. The van der Waals surface area contributed by atoms with E-state index in [0.29, 0.717) is 5.56 Å². The van der Waals surface area contributed by atoms with Crippen molar-refractivity contribution in [1.29, 1.82) is 5.26 Å². The maximum absolute atomic E-state index is 13.4. The predicted octanol–water partition coefficient (Wildman–Crippen LogP) is 3.25. The van der Waals surface area contributed by atoms with Gasteiger partial charge in [-0.1, -0.05) is 41.9 Å². The Hall–Kier alpha value is -3.70. The molecule has 0 aliphatic carbocycles. The molecule has 0 aliphatic rings. The molecule has 134 valence electrons. The molecule has 3 rings (SSSR count). The van der Waals surface area contributed by atoms with Crippen LogP contribution >= 0.6 is 11.6 Å². The van der Waals surface area contributed by atoms with Gasteiger partial charge in [-0.25, -0.2) is 14.8 Å². The van der Waals surface area contributed by atoms with Gasteiger partial charge in [0.1, 0.15) is 23.2 Å². The number of H-pyrrole nitrogens is 1. The molecule has 1 aromatic heterocycles. The van der Waals surface area contributed by atoms with Gasteiger partial charge in [0, 0.05) is 11.1 Å². The maximum Gasteiger partial charge on any atom is 0.270 e. The minimum atomic E-state index is -0.643. The first-order valence-corrected chi connectivity index (χ1v) is 7.94. The second kappa shape index (κ2) is 7.68. The van der Waals surface area contributed by atoms with Crippen LogP contribution in [0.15, 0.2) is 52.4 Å². The lowest BCUT2D eigenvalue weighted by atomic mass is 10.1. The van der Waals surface area contributed by atoms with E-state index in [0.717, 1.165) is 18.3 Å². The molecule has 0 aliphatic heterocycles. The zero-order valence-corrected chi connectivity index (χ0v) is 14.3. The summed E-state index contributed by atoms with van der Waals surface area (Å²) in [5.41, 5.74) is 2.52. The summed E-state index contributed by atoms with van der Waals surface area (Å²) in [7, 11) is 0. The van der Waals surface area contributed by atoms with Crippen LogP contribution in [0.5, 0.6) is 5.75 Å². The highest BCUT2D eigenvalue weighted by molar-refractivity contribution is 6.32. The molecule has 27 heavy (non-hydrogen) atoms. The quantitative estimate of drug-likeness (QED) is 0.472. The highest BCUT2D eigenvalue weighted by Crippen LogP contribution is 2.27. The van der Waals surface area contributed by atoms with Crippen molar-refractivity contribution in [1.82, 2.24) is 9.97 Å². The lowest BCUT2D eigenvalue weighted by Gasteiger charge is -2.06. The molecule has 0 radical (unpaired) electrons. The van der Waals surface area contributed by atoms with Crippen LogP contribution in [0.25, 0.3) is 11.3 Å². The number of halogens is 2. The number of benzene rings is 2. The fourth-order valence-electron chi connectivity index (χ4n) is 2.28. The van der Waals surface area contributed by atoms with Gasteiger partial charge in [-0.05, 0) is 12.1 Å². The number of phenolic OH excluding ortho intramolecular Hbond substituents is 1. The van der Waals surface area contributed by atoms with Crippen LogP contribution in [0.3, 0.4) is 0 Å². The minimum absolute atomic E-state index is 0.0314. The van der Waals surface area contributed by atoms with E-state index in [2.05, 4.69) is 20.5 Å². The number of aromatic hydroxyl groups is 1. The van der Waals surface area contributed by atoms with Gasteiger partial charge in [0.25, 0.3) is 5.56 Å². The number of hydrogen-bond donors (Lipinski definition) is 3. The number of nitrogens with one attached hydrogen (secondary N) is 2. The van der Waals surface area contributed by atoms with Crippen molar-refractivity contribution in [2.24, 2.45) is 5.10 Å². The molecular weight excluding hydrogens is 373 g/mol. The lowest BCUT2D eigenvalue weighted by molar-refractivity contribution is 0.472. The maximum atomic E-state index is 13.4. The lowest BCUT2D eigenvalue weighted by Crippen LogP contribution is -2.16. The second-order valence-electron chi connectivity index (χ2n) is 5.31. The van der Waals surface area contributed by atoms with Gasteiger partial charge in [-0.3, -0.25) is 9.78 Å². The number of aromatic amines is 1. The number of hydrogen-bond acceptors (Lipinski definition) is 6. The van der Waals surface area contributed by atoms with E-state index in [-0.39, 0.29) is 33.5 Å². The number of nitrogens with zero attached hydrogens (tertiary/aromatic N) is 3. The molecule has 0 atom stereocenters. The van der Waals surface area contributed by atoms with E-state index < -0.39 is 11.4 Å². The number of aromatic nitrogens is 2. The standard InChI is InChI=1S/C18H11ClFN5O2/c19-14-7-12(20)6-11(16(14)26)9-22-25-18-23-15(10-4-2-1-3-5-10)13(8-21)17(27)24-18/h1-7,9,26H,(H2,23,24,25,27). The topological polar surface area (TPSA) is 114 Å². The van der Waals surface area contributed by atoms with Crippen LogP contribution in [-0.4, -0.2) is 21.3 Å². The molecule has 0 bridgehead atoms. The minimum Gasteiger partial charge on any atom is -0.506 e. The Morgan fingerprint density at radius 2 is 2.07 bits per heavy atom. The second-order valence-corrected chi connectivity index (χ2v) is 5.72. The first kappa shape index (κ1) is 18.1. The Bertz CT molecular complexity index is 1120. The number of rotatable bonds is 4. The smallest absolute Gasteiger partial charge is 0.270 e. The van der Waals surface area contributed by atoms with Crippen LogP contribution in [0.2, 0.25) is 5.02 Å². The van der Waals surface area contributed by atoms with E-state index in [1.807, 2.05) is 6.07 Å². The molecule has 0 amide bonds. The largest absolute Gasteiger partial charge is 0.506 e. The van der Waals surface area contributed by atoms with Crippen molar-refractivity contribution in [2.75, 3.05) is 5.43 Å². The van der Waals surface area contributed by atoms with Gasteiger partial charge >= 0.3 is 0 Å². The highest BCUT2D eigenvalue weighted by atomic mass is 35.5. The molecule has 0 spiro atoms. The molecule has 0 saturated carbocycles. The van der Waals surface area contributed by atoms with E-state index in [1.54, 1.807) is 30.3 Å². The van der Waals surface area contributed by atoms with Gasteiger partial charge < -0.3 is 5.11 Å². The predicted molar refractivity (Wildman–Crippen MR) is 99.3 cm³/mol. The van der Waals surface area contributed by atoms with Gasteiger partial charge in [-0.15, -0.1) is 0 Å². The average molecular weight is 384 g/mol. The molecular formula is C18H11ClFN5O2. The summed E-state index contributed by atoms with van der Waals surface area (Å²) in [5, 5.41) is 22.7. The van der Waals surface area contributed by atoms with E-state index in [9.17, 15) is 19.6 Å². The fourth-order valence-corrected chi connectivity index (χ4v) is 2.50. The Morgan fingerprint density at radius 3 is 2.78 bits per heavy atom.